The standard InChI is InChI=1S/C16H17ClN2OS2/c1-20-15-9-11(17)4-7-14(15)18-16(21)19(12-5-6-12)10-13-3-2-8-22-13/h2-4,7-9,12H,5-6,10H2,1H3,(H,18,21). The summed E-state index contributed by atoms with van der Waals surface area (Å²) in [6, 6.07) is 10.3. The van der Waals surface area contributed by atoms with Crippen molar-refractivity contribution in [2.45, 2.75) is 25.4 Å². The number of hydrogen-bond acceptors (Lipinski definition) is 3. The fourth-order valence-electron chi connectivity index (χ4n) is 2.28. The molecule has 3 nitrogen and oxygen atoms in total. The maximum absolute atomic E-state index is 6.00. The monoisotopic (exact) mass is 352 g/mol. The predicted molar refractivity (Wildman–Crippen MR) is 97.1 cm³/mol. The number of ether oxygens (including phenoxy) is 1. The van der Waals surface area contributed by atoms with Crippen LogP contribution in [0.4, 0.5) is 5.69 Å². The molecule has 1 aliphatic carbocycles. The lowest BCUT2D eigenvalue weighted by Crippen LogP contribution is -2.35. The molecule has 1 aliphatic rings. The van der Waals surface area contributed by atoms with Crippen LogP contribution < -0.4 is 10.1 Å². The molecule has 0 aliphatic heterocycles. The minimum Gasteiger partial charge on any atom is -0.495 e. The molecule has 0 spiro atoms. The lowest BCUT2D eigenvalue weighted by atomic mass is 10.3. The first-order chi connectivity index (χ1) is 10.7. The van der Waals surface area contributed by atoms with Gasteiger partial charge < -0.3 is 15.0 Å². The highest BCUT2D eigenvalue weighted by Gasteiger charge is 2.31. The average Bonchev–Trinajstić information content (AvgIpc) is 3.22. The van der Waals surface area contributed by atoms with Crippen molar-refractivity contribution in [2.75, 3.05) is 12.4 Å². The maximum Gasteiger partial charge on any atom is 0.174 e. The van der Waals surface area contributed by atoms with Gasteiger partial charge in [0.1, 0.15) is 5.75 Å². The van der Waals surface area contributed by atoms with Crippen LogP contribution >= 0.6 is 35.2 Å². The van der Waals surface area contributed by atoms with Gasteiger partial charge in [0, 0.05) is 22.0 Å². The number of hydrogen-bond donors (Lipinski definition) is 1. The van der Waals surface area contributed by atoms with Gasteiger partial charge in [-0.2, -0.15) is 0 Å². The molecule has 0 unspecified atom stereocenters. The van der Waals surface area contributed by atoms with E-state index < -0.39 is 0 Å². The van der Waals surface area contributed by atoms with Crippen molar-refractivity contribution >= 4 is 46.0 Å². The van der Waals surface area contributed by atoms with Gasteiger partial charge in [0.05, 0.1) is 19.3 Å². The van der Waals surface area contributed by atoms with Gasteiger partial charge in [0.25, 0.3) is 0 Å². The van der Waals surface area contributed by atoms with E-state index >= 15 is 0 Å². The number of benzene rings is 1. The second kappa shape index (κ2) is 6.86. The zero-order valence-corrected chi connectivity index (χ0v) is 14.6. The summed E-state index contributed by atoms with van der Waals surface area (Å²) in [7, 11) is 1.63. The molecule has 1 N–H and O–H groups in total. The third-order valence-corrected chi connectivity index (χ3v) is 4.99. The van der Waals surface area contributed by atoms with Gasteiger partial charge in [-0.05, 0) is 48.6 Å². The quantitative estimate of drug-likeness (QED) is 0.783. The van der Waals surface area contributed by atoms with E-state index in [2.05, 4.69) is 27.7 Å². The summed E-state index contributed by atoms with van der Waals surface area (Å²) in [6.07, 6.45) is 2.40. The molecule has 1 aromatic carbocycles. The number of methoxy groups -OCH3 is 1. The van der Waals surface area contributed by atoms with E-state index in [-0.39, 0.29) is 0 Å². The molecule has 1 heterocycles. The molecule has 1 fully saturated rings. The predicted octanol–water partition coefficient (Wildman–Crippen LogP) is 4.77. The van der Waals surface area contributed by atoms with Crippen molar-refractivity contribution < 1.29 is 4.74 Å². The third kappa shape index (κ3) is 3.72. The number of thiophene rings is 1. The van der Waals surface area contributed by atoms with E-state index in [9.17, 15) is 0 Å². The Morgan fingerprint density at radius 1 is 1.45 bits per heavy atom. The van der Waals surface area contributed by atoms with Gasteiger partial charge >= 0.3 is 0 Å². The molecule has 0 bridgehead atoms. The van der Waals surface area contributed by atoms with Gasteiger partial charge in [-0.1, -0.05) is 17.7 Å². The van der Waals surface area contributed by atoms with Gasteiger partial charge in [-0.15, -0.1) is 11.3 Å². The number of thiocarbonyl (C=S) groups is 1. The normalized spacial score (nSPS) is 13.7. The molecule has 2 aromatic rings. The van der Waals surface area contributed by atoms with Crippen molar-refractivity contribution in [2.24, 2.45) is 0 Å². The van der Waals surface area contributed by atoms with Crippen molar-refractivity contribution in [3.8, 4) is 5.75 Å². The van der Waals surface area contributed by atoms with Crippen LogP contribution in [-0.4, -0.2) is 23.2 Å². The molecule has 116 valence electrons. The Morgan fingerprint density at radius 2 is 2.27 bits per heavy atom. The summed E-state index contributed by atoms with van der Waals surface area (Å²) < 4.78 is 5.37. The largest absolute Gasteiger partial charge is 0.495 e. The first-order valence-corrected chi connectivity index (χ1v) is 8.77. The van der Waals surface area contributed by atoms with E-state index in [0.29, 0.717) is 16.8 Å². The number of anilines is 1. The van der Waals surface area contributed by atoms with Crippen LogP contribution in [0.5, 0.6) is 5.75 Å². The number of nitrogens with zero attached hydrogens (tertiary/aromatic N) is 1. The van der Waals surface area contributed by atoms with E-state index in [4.69, 9.17) is 28.6 Å². The van der Waals surface area contributed by atoms with Gasteiger partial charge in [0.15, 0.2) is 5.11 Å². The van der Waals surface area contributed by atoms with Gasteiger partial charge in [-0.3, -0.25) is 0 Å². The summed E-state index contributed by atoms with van der Waals surface area (Å²) in [4.78, 5) is 3.58. The zero-order valence-electron chi connectivity index (χ0n) is 12.2. The third-order valence-electron chi connectivity index (χ3n) is 3.56. The van der Waals surface area contributed by atoms with Gasteiger partial charge in [0.2, 0.25) is 0 Å². The summed E-state index contributed by atoms with van der Waals surface area (Å²) in [5, 5.41) is 6.77. The fourth-order valence-corrected chi connectivity index (χ4v) is 3.47. The lowest BCUT2D eigenvalue weighted by molar-refractivity contribution is 0.409. The molecule has 0 radical (unpaired) electrons. The Labute approximate surface area is 144 Å². The van der Waals surface area contributed by atoms with Crippen molar-refractivity contribution in [1.29, 1.82) is 0 Å². The molecule has 0 amide bonds. The van der Waals surface area contributed by atoms with Crippen molar-refractivity contribution in [3.63, 3.8) is 0 Å². The van der Waals surface area contributed by atoms with Gasteiger partial charge in [-0.25, -0.2) is 0 Å². The first kappa shape index (κ1) is 15.6. The lowest BCUT2D eigenvalue weighted by Gasteiger charge is -2.26. The Morgan fingerprint density at radius 3 is 2.91 bits per heavy atom. The molecule has 3 rings (SSSR count). The number of rotatable bonds is 5. The summed E-state index contributed by atoms with van der Waals surface area (Å²) in [6.45, 7) is 0.851. The SMILES string of the molecule is COc1cc(Cl)ccc1NC(=S)N(Cc1cccs1)C1CC1. The maximum atomic E-state index is 6.00. The van der Waals surface area contributed by atoms with Crippen molar-refractivity contribution in [1.82, 2.24) is 4.90 Å². The van der Waals surface area contributed by atoms with Crippen LogP contribution in [0.2, 0.25) is 5.02 Å². The minimum absolute atomic E-state index is 0.542. The molecular weight excluding hydrogens is 336 g/mol. The van der Waals surface area contributed by atoms with Crippen LogP contribution in [0.3, 0.4) is 0 Å². The fraction of sp³-hybridized carbons (Fsp3) is 0.312. The Kier molecular flexibility index (Phi) is 4.86. The van der Waals surface area contributed by atoms with Crippen LogP contribution in [0.15, 0.2) is 35.7 Å². The van der Waals surface area contributed by atoms with Crippen LogP contribution in [0.1, 0.15) is 17.7 Å². The number of nitrogens with one attached hydrogen (secondary N) is 1. The van der Waals surface area contributed by atoms with Crippen LogP contribution in [0, 0.1) is 0 Å². The number of halogens is 1. The molecule has 6 heteroatoms. The van der Waals surface area contributed by atoms with E-state index in [1.54, 1.807) is 24.5 Å². The van der Waals surface area contributed by atoms with E-state index in [1.807, 2.05) is 12.1 Å². The summed E-state index contributed by atoms with van der Waals surface area (Å²) in [5.41, 5.74) is 0.841. The first-order valence-electron chi connectivity index (χ1n) is 7.11. The smallest absolute Gasteiger partial charge is 0.174 e. The molecule has 0 atom stereocenters. The molecule has 1 saturated carbocycles. The van der Waals surface area contributed by atoms with Crippen LogP contribution in [0.25, 0.3) is 0 Å². The second-order valence-corrected chi connectivity index (χ2v) is 7.07. The topological polar surface area (TPSA) is 24.5 Å². The molecule has 22 heavy (non-hydrogen) atoms. The Balaban J connectivity index is 1.74. The highest BCUT2D eigenvalue weighted by atomic mass is 35.5. The Bertz CT molecular complexity index is 656. The van der Waals surface area contributed by atoms with Crippen molar-refractivity contribution in [3.05, 3.63) is 45.6 Å². The van der Waals surface area contributed by atoms with E-state index in [1.165, 1.54) is 17.7 Å². The Hall–Kier alpha value is -1.30. The molecular formula is C16H17ClN2OS2. The van der Waals surface area contributed by atoms with E-state index in [0.717, 1.165) is 17.3 Å². The minimum atomic E-state index is 0.542. The average molecular weight is 353 g/mol. The summed E-state index contributed by atoms with van der Waals surface area (Å²) in [5.74, 6) is 0.696. The highest BCUT2D eigenvalue weighted by molar-refractivity contribution is 7.80. The summed E-state index contributed by atoms with van der Waals surface area (Å²) >= 11 is 13.4. The van der Waals surface area contributed by atoms with Crippen LogP contribution in [-0.2, 0) is 6.54 Å². The zero-order chi connectivity index (χ0) is 15.5. The second-order valence-electron chi connectivity index (χ2n) is 5.21. The molecule has 0 saturated heterocycles. The molecule has 1 aromatic heterocycles. The highest BCUT2D eigenvalue weighted by Crippen LogP contribution is 2.32.